The molecule has 1 aliphatic rings. The minimum Gasteiger partial charge on any atom is -0.497 e. The number of ether oxygens (including phenoxy) is 3. The van der Waals surface area contributed by atoms with Crippen LogP contribution in [-0.4, -0.2) is 45.3 Å². The van der Waals surface area contributed by atoms with E-state index < -0.39 is 0 Å². The lowest BCUT2D eigenvalue weighted by atomic mass is 9.94. The smallest absolute Gasteiger partial charge is 0.124 e. The van der Waals surface area contributed by atoms with E-state index in [9.17, 15) is 0 Å². The van der Waals surface area contributed by atoms with Crippen LogP contribution >= 0.6 is 0 Å². The van der Waals surface area contributed by atoms with Crippen molar-refractivity contribution >= 4 is 0 Å². The summed E-state index contributed by atoms with van der Waals surface area (Å²) in [5, 5.41) is 3.52. The van der Waals surface area contributed by atoms with E-state index in [1.165, 1.54) is 0 Å². The molecular weight excluding hydrogens is 400 g/mol. The highest BCUT2D eigenvalue weighted by molar-refractivity contribution is 5.49. The first-order valence-corrected chi connectivity index (χ1v) is 11.2. The predicted molar refractivity (Wildman–Crippen MR) is 128 cm³/mol. The molecule has 1 unspecified atom stereocenters. The first-order valence-electron chi connectivity index (χ1n) is 11.2. The molecule has 5 heteroatoms. The monoisotopic (exact) mass is 432 g/mol. The summed E-state index contributed by atoms with van der Waals surface area (Å²) < 4.78 is 17.7. The highest BCUT2D eigenvalue weighted by Gasteiger charge is 2.29. The van der Waals surface area contributed by atoms with Gasteiger partial charge in [-0.2, -0.15) is 0 Å². The maximum Gasteiger partial charge on any atom is 0.124 e. The quantitative estimate of drug-likeness (QED) is 0.560. The third-order valence-corrected chi connectivity index (χ3v) is 5.92. The Kier molecular flexibility index (Phi) is 7.64. The highest BCUT2D eigenvalue weighted by Crippen LogP contribution is 2.40. The SMILES string of the molecule is COc1ccc(OC)c(C(c2ccccc2OCc2ccccc2)N2CCCNCC2)c1. The van der Waals surface area contributed by atoms with Crippen LogP contribution < -0.4 is 19.5 Å². The van der Waals surface area contributed by atoms with Crippen LogP contribution in [0.15, 0.2) is 72.8 Å². The summed E-state index contributed by atoms with van der Waals surface area (Å²) in [6.45, 7) is 4.45. The lowest BCUT2D eigenvalue weighted by Gasteiger charge is -2.33. The van der Waals surface area contributed by atoms with Gasteiger partial charge in [0, 0.05) is 30.8 Å². The predicted octanol–water partition coefficient (Wildman–Crippen LogP) is 4.67. The number of para-hydroxylation sites is 1. The molecule has 5 nitrogen and oxygen atoms in total. The second-order valence-electron chi connectivity index (χ2n) is 7.96. The largest absolute Gasteiger partial charge is 0.497 e. The number of nitrogens with one attached hydrogen (secondary N) is 1. The fourth-order valence-electron chi connectivity index (χ4n) is 4.31. The topological polar surface area (TPSA) is 43.0 Å². The van der Waals surface area contributed by atoms with Gasteiger partial charge in [0.05, 0.1) is 20.3 Å². The zero-order chi connectivity index (χ0) is 22.2. The first kappa shape index (κ1) is 22.2. The Hall–Kier alpha value is -3.02. The van der Waals surface area contributed by atoms with E-state index in [1.807, 2.05) is 36.4 Å². The van der Waals surface area contributed by atoms with Crippen LogP contribution in [0.1, 0.15) is 29.2 Å². The number of hydrogen-bond donors (Lipinski definition) is 1. The van der Waals surface area contributed by atoms with Gasteiger partial charge in [0.1, 0.15) is 23.9 Å². The molecule has 1 aliphatic heterocycles. The Labute approximate surface area is 190 Å². The van der Waals surface area contributed by atoms with E-state index >= 15 is 0 Å². The zero-order valence-corrected chi connectivity index (χ0v) is 18.9. The lowest BCUT2D eigenvalue weighted by Crippen LogP contribution is -2.33. The van der Waals surface area contributed by atoms with E-state index in [2.05, 4.69) is 46.6 Å². The van der Waals surface area contributed by atoms with E-state index in [1.54, 1.807) is 14.2 Å². The van der Waals surface area contributed by atoms with Crippen LogP contribution in [0.3, 0.4) is 0 Å². The van der Waals surface area contributed by atoms with Crippen molar-refractivity contribution in [3.8, 4) is 17.2 Å². The van der Waals surface area contributed by atoms with Crippen LogP contribution in [0.5, 0.6) is 17.2 Å². The molecule has 3 aromatic carbocycles. The van der Waals surface area contributed by atoms with Gasteiger partial charge in [-0.25, -0.2) is 0 Å². The summed E-state index contributed by atoms with van der Waals surface area (Å²) in [5.74, 6) is 2.57. The maximum atomic E-state index is 6.36. The molecule has 3 aromatic rings. The Morgan fingerprint density at radius 2 is 1.62 bits per heavy atom. The van der Waals surface area contributed by atoms with Gasteiger partial charge >= 0.3 is 0 Å². The summed E-state index contributed by atoms with van der Waals surface area (Å²) >= 11 is 0. The van der Waals surface area contributed by atoms with Crippen LogP contribution in [0.25, 0.3) is 0 Å². The summed E-state index contributed by atoms with van der Waals surface area (Å²) in [7, 11) is 3.43. The lowest BCUT2D eigenvalue weighted by molar-refractivity contribution is 0.225. The van der Waals surface area contributed by atoms with Crippen molar-refractivity contribution in [3.63, 3.8) is 0 Å². The van der Waals surface area contributed by atoms with E-state index in [-0.39, 0.29) is 6.04 Å². The van der Waals surface area contributed by atoms with Gasteiger partial charge in [-0.15, -0.1) is 0 Å². The van der Waals surface area contributed by atoms with Crippen molar-refractivity contribution in [3.05, 3.63) is 89.5 Å². The maximum absolute atomic E-state index is 6.36. The third-order valence-electron chi connectivity index (χ3n) is 5.92. The van der Waals surface area contributed by atoms with Gasteiger partial charge in [0.2, 0.25) is 0 Å². The van der Waals surface area contributed by atoms with Crippen LogP contribution in [0.4, 0.5) is 0 Å². The molecule has 0 saturated carbocycles. The highest BCUT2D eigenvalue weighted by atomic mass is 16.5. The molecule has 32 heavy (non-hydrogen) atoms. The molecule has 1 N–H and O–H groups in total. The van der Waals surface area contributed by atoms with Gasteiger partial charge in [0.25, 0.3) is 0 Å². The zero-order valence-electron chi connectivity index (χ0n) is 18.9. The van der Waals surface area contributed by atoms with Gasteiger partial charge in [-0.05, 0) is 42.8 Å². The molecule has 0 amide bonds. The molecule has 168 valence electrons. The molecule has 0 spiro atoms. The fraction of sp³-hybridized carbons (Fsp3) is 0.333. The van der Waals surface area contributed by atoms with Crippen LogP contribution in [0.2, 0.25) is 0 Å². The molecule has 1 heterocycles. The average Bonchev–Trinajstić information content (AvgIpc) is 3.13. The minimum absolute atomic E-state index is 0.00748. The van der Waals surface area contributed by atoms with Crippen molar-refractivity contribution in [2.45, 2.75) is 19.1 Å². The van der Waals surface area contributed by atoms with Gasteiger partial charge in [0.15, 0.2) is 0 Å². The molecule has 4 rings (SSSR count). The van der Waals surface area contributed by atoms with Gasteiger partial charge in [-0.1, -0.05) is 48.5 Å². The number of methoxy groups -OCH3 is 2. The molecular formula is C27H32N2O3. The normalized spacial score (nSPS) is 15.6. The Morgan fingerprint density at radius 1 is 0.812 bits per heavy atom. The minimum atomic E-state index is -0.00748. The molecule has 1 atom stereocenters. The third kappa shape index (κ3) is 5.23. The number of rotatable bonds is 8. The summed E-state index contributed by atoms with van der Waals surface area (Å²) in [6, 6.07) is 24.7. The van der Waals surface area contributed by atoms with Crippen molar-refractivity contribution in [1.82, 2.24) is 10.2 Å². The van der Waals surface area contributed by atoms with Crippen LogP contribution in [0, 0.1) is 0 Å². The van der Waals surface area contributed by atoms with Crippen LogP contribution in [-0.2, 0) is 6.61 Å². The Bertz CT molecular complexity index is 985. The molecule has 1 saturated heterocycles. The van der Waals surface area contributed by atoms with Crippen molar-refractivity contribution < 1.29 is 14.2 Å². The standard InChI is InChI=1S/C27H32N2O3/c1-30-22-13-14-25(31-2)24(19-22)27(29-17-8-15-28-16-18-29)23-11-6-7-12-26(23)32-20-21-9-4-3-5-10-21/h3-7,9-14,19,27-28H,8,15-18,20H2,1-2H3. The first-order chi connectivity index (χ1) is 15.8. The van der Waals surface area contributed by atoms with Gasteiger partial charge < -0.3 is 19.5 Å². The van der Waals surface area contributed by atoms with Crippen molar-refractivity contribution in [1.29, 1.82) is 0 Å². The fourth-order valence-corrected chi connectivity index (χ4v) is 4.31. The van der Waals surface area contributed by atoms with E-state index in [4.69, 9.17) is 14.2 Å². The van der Waals surface area contributed by atoms with E-state index in [0.29, 0.717) is 6.61 Å². The molecule has 1 fully saturated rings. The number of benzene rings is 3. The molecule has 0 radical (unpaired) electrons. The summed E-state index contributed by atoms with van der Waals surface area (Å²) in [6.07, 6.45) is 1.09. The summed E-state index contributed by atoms with van der Waals surface area (Å²) in [5.41, 5.74) is 3.37. The second kappa shape index (κ2) is 11.0. The molecule has 0 aliphatic carbocycles. The van der Waals surface area contributed by atoms with Gasteiger partial charge in [-0.3, -0.25) is 4.90 Å². The van der Waals surface area contributed by atoms with Crippen molar-refractivity contribution in [2.24, 2.45) is 0 Å². The number of hydrogen-bond acceptors (Lipinski definition) is 5. The Balaban J connectivity index is 1.76. The Morgan fingerprint density at radius 3 is 2.44 bits per heavy atom. The second-order valence-corrected chi connectivity index (χ2v) is 7.96. The molecule has 0 bridgehead atoms. The van der Waals surface area contributed by atoms with E-state index in [0.717, 1.165) is 66.5 Å². The summed E-state index contributed by atoms with van der Waals surface area (Å²) in [4.78, 5) is 2.52. The molecule has 0 aromatic heterocycles. The van der Waals surface area contributed by atoms with Crippen molar-refractivity contribution in [2.75, 3.05) is 40.4 Å². The average molecular weight is 433 g/mol. The number of nitrogens with zero attached hydrogens (tertiary/aromatic N) is 1.